The van der Waals surface area contributed by atoms with Crippen LogP contribution in [0.2, 0.25) is 0 Å². The van der Waals surface area contributed by atoms with Gasteiger partial charge in [-0.1, -0.05) is 17.7 Å². The lowest BCUT2D eigenvalue weighted by Gasteiger charge is -2.23. The number of rotatable bonds is 9. The molecule has 1 aliphatic heterocycles. The number of fused-ring (bicyclic) bond motifs is 1. The molecule has 0 saturated carbocycles. The average molecular weight is 437 g/mol. The van der Waals surface area contributed by atoms with Gasteiger partial charge in [-0.25, -0.2) is 8.42 Å². The number of sulfonamides is 1. The van der Waals surface area contributed by atoms with E-state index in [0.717, 1.165) is 9.20 Å². The summed E-state index contributed by atoms with van der Waals surface area (Å²) in [6, 6.07) is 13.0. The first kappa shape index (κ1) is 21.3. The van der Waals surface area contributed by atoms with Crippen molar-refractivity contribution in [3.05, 3.63) is 48.0 Å². The van der Waals surface area contributed by atoms with Crippen molar-refractivity contribution in [3.8, 4) is 11.5 Å². The molecule has 0 aliphatic carbocycles. The highest BCUT2D eigenvalue weighted by atomic mass is 32.2. The lowest BCUT2D eigenvalue weighted by Crippen LogP contribution is -2.42. The predicted molar refractivity (Wildman–Crippen MR) is 114 cm³/mol. The van der Waals surface area contributed by atoms with Gasteiger partial charge in [0.1, 0.15) is 6.54 Å². The monoisotopic (exact) mass is 436 g/mol. The van der Waals surface area contributed by atoms with Crippen molar-refractivity contribution in [2.45, 2.75) is 18.7 Å². The quantitative estimate of drug-likeness (QED) is 0.481. The van der Waals surface area contributed by atoms with Crippen LogP contribution in [0.1, 0.15) is 12.5 Å². The summed E-state index contributed by atoms with van der Waals surface area (Å²) in [4.78, 5) is 13.5. The topological polar surface area (TPSA) is 84.9 Å². The molecule has 0 atom stereocenters. The molecule has 0 unspecified atom stereocenters. The number of thioether (sulfide) groups is 1. The van der Waals surface area contributed by atoms with Crippen LogP contribution < -0.4 is 19.1 Å². The molecule has 7 nitrogen and oxygen atoms in total. The number of anilines is 1. The van der Waals surface area contributed by atoms with Crippen molar-refractivity contribution in [2.24, 2.45) is 0 Å². The minimum absolute atomic E-state index is 0.0957. The fraction of sp³-hybridized carbons (Fsp3) is 0.350. The highest BCUT2D eigenvalue weighted by molar-refractivity contribution is 7.99. The van der Waals surface area contributed by atoms with Crippen LogP contribution in [0.4, 0.5) is 5.69 Å². The van der Waals surface area contributed by atoms with Gasteiger partial charge in [0.2, 0.25) is 22.7 Å². The van der Waals surface area contributed by atoms with Crippen LogP contribution in [-0.4, -0.2) is 45.7 Å². The molecule has 1 aliphatic rings. The van der Waals surface area contributed by atoms with E-state index in [0.29, 0.717) is 29.5 Å². The van der Waals surface area contributed by atoms with Crippen LogP contribution in [0.5, 0.6) is 11.5 Å². The zero-order valence-electron chi connectivity index (χ0n) is 16.4. The molecule has 2 aromatic carbocycles. The molecule has 3 rings (SSSR count). The highest BCUT2D eigenvalue weighted by Crippen LogP contribution is 2.36. The average Bonchev–Trinajstić information content (AvgIpc) is 3.18. The van der Waals surface area contributed by atoms with Gasteiger partial charge >= 0.3 is 0 Å². The van der Waals surface area contributed by atoms with E-state index in [1.165, 1.54) is 5.56 Å². The molecule has 0 aromatic heterocycles. The van der Waals surface area contributed by atoms with Gasteiger partial charge in [0.05, 0.1) is 11.4 Å². The van der Waals surface area contributed by atoms with Crippen molar-refractivity contribution in [1.29, 1.82) is 0 Å². The number of nitrogens with one attached hydrogen (secondary N) is 1. The third-order valence-corrected chi connectivity index (χ3v) is 7.10. The largest absolute Gasteiger partial charge is 0.454 e. The fourth-order valence-corrected chi connectivity index (χ4v) is 4.56. The lowest BCUT2D eigenvalue weighted by atomic mass is 10.2. The number of amides is 1. The Kier molecular flexibility index (Phi) is 6.92. The van der Waals surface area contributed by atoms with E-state index in [4.69, 9.17) is 9.47 Å². The third kappa shape index (κ3) is 5.57. The summed E-state index contributed by atoms with van der Waals surface area (Å²) in [5, 5.41) is 2.79. The van der Waals surface area contributed by atoms with Gasteiger partial charge in [-0.2, -0.15) is 0 Å². The molecule has 0 fully saturated rings. The SMILES string of the molecule is CCS(=O)(=O)N(CC(=O)NCCSc1ccc(C)cc1)c1ccc2c(c1)OCO2. The first-order valence-electron chi connectivity index (χ1n) is 9.25. The van der Waals surface area contributed by atoms with Crippen LogP contribution in [0.15, 0.2) is 47.4 Å². The van der Waals surface area contributed by atoms with Crippen molar-refractivity contribution in [3.63, 3.8) is 0 Å². The molecule has 0 radical (unpaired) electrons. The number of benzene rings is 2. The van der Waals surface area contributed by atoms with E-state index in [1.807, 2.05) is 31.2 Å². The predicted octanol–water partition coefficient (Wildman–Crippen LogP) is 2.79. The molecule has 1 heterocycles. The van der Waals surface area contributed by atoms with Gasteiger partial charge in [0.25, 0.3) is 0 Å². The van der Waals surface area contributed by atoms with E-state index < -0.39 is 10.0 Å². The van der Waals surface area contributed by atoms with E-state index in [-0.39, 0.29) is 25.0 Å². The summed E-state index contributed by atoms with van der Waals surface area (Å²) in [5.41, 5.74) is 1.57. The van der Waals surface area contributed by atoms with Gasteiger partial charge in [0, 0.05) is 23.3 Å². The number of aryl methyl sites for hydroxylation is 1. The molecular weight excluding hydrogens is 412 g/mol. The van der Waals surface area contributed by atoms with Crippen molar-refractivity contribution in [1.82, 2.24) is 5.32 Å². The third-order valence-electron chi connectivity index (χ3n) is 4.35. The van der Waals surface area contributed by atoms with Crippen molar-refractivity contribution in [2.75, 3.05) is 35.7 Å². The Morgan fingerprint density at radius 3 is 2.59 bits per heavy atom. The molecule has 156 valence electrons. The maximum atomic E-state index is 12.5. The Labute approximate surface area is 175 Å². The molecule has 9 heteroatoms. The maximum Gasteiger partial charge on any atom is 0.240 e. The Morgan fingerprint density at radius 1 is 1.14 bits per heavy atom. The van der Waals surface area contributed by atoms with Crippen LogP contribution in [0, 0.1) is 6.92 Å². The van der Waals surface area contributed by atoms with E-state index in [1.54, 1.807) is 36.9 Å². The highest BCUT2D eigenvalue weighted by Gasteiger charge is 2.25. The summed E-state index contributed by atoms with van der Waals surface area (Å²) >= 11 is 1.63. The lowest BCUT2D eigenvalue weighted by molar-refractivity contribution is -0.119. The summed E-state index contributed by atoms with van der Waals surface area (Å²) in [6.07, 6.45) is 0. The van der Waals surface area contributed by atoms with Crippen molar-refractivity contribution < 1.29 is 22.7 Å². The zero-order chi connectivity index (χ0) is 20.9. The van der Waals surface area contributed by atoms with E-state index in [9.17, 15) is 13.2 Å². The second-order valence-electron chi connectivity index (χ2n) is 6.46. The molecule has 2 aromatic rings. The van der Waals surface area contributed by atoms with Gasteiger partial charge in [-0.15, -0.1) is 11.8 Å². The summed E-state index contributed by atoms with van der Waals surface area (Å²) in [7, 11) is -3.63. The van der Waals surface area contributed by atoms with E-state index >= 15 is 0 Å². The van der Waals surface area contributed by atoms with Gasteiger partial charge < -0.3 is 14.8 Å². The molecular formula is C20H24N2O5S2. The molecule has 0 saturated heterocycles. The first-order valence-corrected chi connectivity index (χ1v) is 11.8. The molecule has 0 spiro atoms. The molecule has 0 bridgehead atoms. The summed E-state index contributed by atoms with van der Waals surface area (Å²) in [6.45, 7) is 3.83. The standard InChI is InChI=1S/C20H24N2O5S2/c1-3-29(24,25)22(16-6-9-18-19(12-16)27-14-26-18)13-20(23)21-10-11-28-17-7-4-15(2)5-8-17/h4-9,12H,3,10-11,13-14H2,1-2H3,(H,21,23). The van der Waals surface area contributed by atoms with Crippen LogP contribution in [0.25, 0.3) is 0 Å². The Hall–Kier alpha value is -2.39. The number of nitrogens with zero attached hydrogens (tertiary/aromatic N) is 1. The van der Waals surface area contributed by atoms with Gasteiger partial charge in [0.15, 0.2) is 11.5 Å². The smallest absolute Gasteiger partial charge is 0.240 e. The second kappa shape index (κ2) is 9.41. The van der Waals surface area contributed by atoms with Gasteiger partial charge in [-0.3, -0.25) is 9.10 Å². The number of carbonyl (C=O) groups excluding carboxylic acids is 1. The van der Waals surface area contributed by atoms with E-state index in [2.05, 4.69) is 5.32 Å². The van der Waals surface area contributed by atoms with Crippen LogP contribution >= 0.6 is 11.8 Å². The number of carbonyl (C=O) groups is 1. The second-order valence-corrected chi connectivity index (χ2v) is 9.81. The Balaban J connectivity index is 1.59. The number of ether oxygens (including phenoxy) is 2. The van der Waals surface area contributed by atoms with Crippen LogP contribution in [0.3, 0.4) is 0 Å². The fourth-order valence-electron chi connectivity index (χ4n) is 2.73. The number of hydrogen-bond donors (Lipinski definition) is 1. The number of hydrogen-bond acceptors (Lipinski definition) is 6. The Morgan fingerprint density at radius 2 is 1.86 bits per heavy atom. The minimum atomic E-state index is -3.63. The summed E-state index contributed by atoms with van der Waals surface area (Å²) in [5.74, 6) is 1.25. The molecule has 1 N–H and O–H groups in total. The Bertz CT molecular complexity index is 961. The van der Waals surface area contributed by atoms with Gasteiger partial charge in [-0.05, 0) is 38.1 Å². The maximum absolute atomic E-state index is 12.5. The summed E-state index contributed by atoms with van der Waals surface area (Å²) < 4.78 is 36.8. The van der Waals surface area contributed by atoms with Crippen LogP contribution in [-0.2, 0) is 14.8 Å². The minimum Gasteiger partial charge on any atom is -0.454 e. The first-order chi connectivity index (χ1) is 13.9. The molecule has 1 amide bonds. The normalized spacial score (nSPS) is 12.6. The molecule has 29 heavy (non-hydrogen) atoms. The van der Waals surface area contributed by atoms with Crippen molar-refractivity contribution >= 4 is 33.4 Å². The zero-order valence-corrected chi connectivity index (χ0v) is 18.0.